The first-order chi connectivity index (χ1) is 17.7. The maximum Gasteiger partial charge on any atom is 0.412 e. The van der Waals surface area contributed by atoms with Gasteiger partial charge in [-0.25, -0.2) is 9.59 Å². The lowest BCUT2D eigenvalue weighted by molar-refractivity contribution is -0.118. The summed E-state index contributed by atoms with van der Waals surface area (Å²) in [7, 11) is 0. The van der Waals surface area contributed by atoms with Crippen LogP contribution in [0.25, 0.3) is 0 Å². The summed E-state index contributed by atoms with van der Waals surface area (Å²) in [6.45, 7) is 9.86. The smallest absolute Gasteiger partial charge is 0.412 e. The highest BCUT2D eigenvalue weighted by Gasteiger charge is 2.25. The van der Waals surface area contributed by atoms with E-state index >= 15 is 0 Å². The predicted octanol–water partition coefficient (Wildman–Crippen LogP) is 6.55. The molecule has 1 fully saturated rings. The van der Waals surface area contributed by atoms with Gasteiger partial charge in [0.15, 0.2) is 0 Å². The summed E-state index contributed by atoms with van der Waals surface area (Å²) in [6.07, 6.45) is 2.63. The molecule has 1 aliphatic rings. The minimum Gasteiger partial charge on any atom is -0.416 e. The van der Waals surface area contributed by atoms with Crippen LogP contribution in [0, 0.1) is 0 Å². The zero-order valence-corrected chi connectivity index (χ0v) is 22.1. The Morgan fingerprint density at radius 2 is 1.70 bits per heavy atom. The first-order valence-corrected chi connectivity index (χ1v) is 12.6. The average Bonchev–Trinajstić information content (AvgIpc) is 2.86. The molecule has 196 valence electrons. The number of para-hydroxylation sites is 1. The second-order valence-electron chi connectivity index (χ2n) is 8.71. The van der Waals surface area contributed by atoms with E-state index < -0.39 is 12.1 Å². The number of anilines is 2. The van der Waals surface area contributed by atoms with Crippen LogP contribution < -0.4 is 16.0 Å². The molecule has 2 aromatic carbocycles. The predicted molar refractivity (Wildman–Crippen MR) is 147 cm³/mol. The third-order valence-corrected chi connectivity index (χ3v) is 6.53. The Kier molecular flexibility index (Phi) is 10.00. The number of nitrogens with one attached hydrogen (secondary N) is 3. The Hall–Kier alpha value is -3.49. The molecule has 0 aliphatic carbocycles. The van der Waals surface area contributed by atoms with Gasteiger partial charge in [-0.2, -0.15) is 0 Å². The van der Waals surface area contributed by atoms with Crippen LogP contribution in [0.5, 0.6) is 0 Å². The van der Waals surface area contributed by atoms with Crippen molar-refractivity contribution in [1.82, 2.24) is 10.2 Å². The van der Waals surface area contributed by atoms with E-state index in [1.165, 1.54) is 0 Å². The van der Waals surface area contributed by atoms with Crippen molar-refractivity contribution in [3.63, 3.8) is 0 Å². The lowest BCUT2D eigenvalue weighted by Gasteiger charge is -2.32. The Labute approximate surface area is 226 Å². The standard InChI is InChI=1S/C27H30Cl2N4O4/c1-4-6-23(31-27(36)37-17(2)3)25(34)30-20-11-9-18(10-12-20)19-13-15-33(16-14-19)26(35)32-24-21(28)7-5-8-22(24)29/h4-5,7-12,19,23H,1-2,6,13-16H2,3H3,(H,30,34)(H,31,36)(H,32,35). The van der Waals surface area contributed by atoms with E-state index in [0.717, 1.165) is 18.4 Å². The molecule has 2 aromatic rings. The van der Waals surface area contributed by atoms with Gasteiger partial charge >= 0.3 is 12.1 Å². The number of carbonyl (C=O) groups is 3. The molecule has 0 aromatic heterocycles. The van der Waals surface area contributed by atoms with Gasteiger partial charge in [0.05, 0.1) is 21.5 Å². The van der Waals surface area contributed by atoms with Gasteiger partial charge in [0.25, 0.3) is 0 Å². The number of likely N-dealkylation sites (tertiary alicyclic amines) is 1. The van der Waals surface area contributed by atoms with E-state index in [1.54, 1.807) is 36.1 Å². The molecule has 3 rings (SSSR count). The number of hydrogen-bond donors (Lipinski definition) is 3. The summed E-state index contributed by atoms with van der Waals surface area (Å²) >= 11 is 12.3. The number of alkyl carbamates (subject to hydrolysis) is 1. The van der Waals surface area contributed by atoms with Crippen LogP contribution in [0.1, 0.15) is 37.7 Å². The van der Waals surface area contributed by atoms with Crippen molar-refractivity contribution < 1.29 is 19.1 Å². The highest BCUT2D eigenvalue weighted by Crippen LogP contribution is 2.32. The van der Waals surface area contributed by atoms with Crippen molar-refractivity contribution in [3.05, 3.63) is 83.1 Å². The molecule has 1 atom stereocenters. The summed E-state index contributed by atoms with van der Waals surface area (Å²) < 4.78 is 4.87. The average molecular weight is 545 g/mol. The summed E-state index contributed by atoms with van der Waals surface area (Å²) in [4.78, 5) is 39.0. The molecule has 0 spiro atoms. The van der Waals surface area contributed by atoms with Gasteiger partial charge in [-0.1, -0.05) is 54.1 Å². The van der Waals surface area contributed by atoms with Crippen molar-refractivity contribution in [2.75, 3.05) is 23.7 Å². The number of benzene rings is 2. The molecule has 8 nitrogen and oxygen atoms in total. The minimum absolute atomic E-state index is 0.224. The van der Waals surface area contributed by atoms with Gasteiger partial charge in [0.2, 0.25) is 5.91 Å². The number of halogens is 2. The molecular weight excluding hydrogens is 515 g/mol. The molecule has 1 unspecified atom stereocenters. The number of piperidine rings is 1. The van der Waals surface area contributed by atoms with Gasteiger partial charge in [0.1, 0.15) is 6.04 Å². The molecule has 0 bridgehead atoms. The quantitative estimate of drug-likeness (QED) is 0.259. The molecular formula is C27H30Cl2N4O4. The van der Waals surface area contributed by atoms with Gasteiger partial charge in [-0.15, -0.1) is 6.58 Å². The van der Waals surface area contributed by atoms with Crippen molar-refractivity contribution in [3.8, 4) is 0 Å². The maximum atomic E-state index is 12.7. The van der Waals surface area contributed by atoms with E-state index in [0.29, 0.717) is 34.5 Å². The highest BCUT2D eigenvalue weighted by molar-refractivity contribution is 6.39. The molecule has 0 radical (unpaired) electrons. The topological polar surface area (TPSA) is 99.8 Å². The zero-order valence-electron chi connectivity index (χ0n) is 20.6. The van der Waals surface area contributed by atoms with Crippen LogP contribution in [0.15, 0.2) is 67.5 Å². The first-order valence-electron chi connectivity index (χ1n) is 11.8. The highest BCUT2D eigenvalue weighted by atomic mass is 35.5. The third-order valence-electron chi connectivity index (χ3n) is 5.90. The second kappa shape index (κ2) is 13.2. The van der Waals surface area contributed by atoms with E-state index in [-0.39, 0.29) is 30.0 Å². The fourth-order valence-electron chi connectivity index (χ4n) is 4.02. The molecule has 4 amide bonds. The van der Waals surface area contributed by atoms with Crippen molar-refractivity contribution >= 4 is 52.6 Å². The summed E-state index contributed by atoms with van der Waals surface area (Å²) in [5.74, 6) is 0.122. The molecule has 3 N–H and O–H groups in total. The summed E-state index contributed by atoms with van der Waals surface area (Å²) in [5, 5.41) is 8.90. The van der Waals surface area contributed by atoms with Crippen molar-refractivity contribution in [2.45, 2.75) is 38.1 Å². The number of carbonyl (C=O) groups excluding carboxylic acids is 3. The number of ether oxygens (including phenoxy) is 1. The van der Waals surface area contributed by atoms with E-state index in [9.17, 15) is 14.4 Å². The van der Waals surface area contributed by atoms with Gasteiger partial charge in [0, 0.05) is 18.8 Å². The molecule has 1 aliphatic heterocycles. The fraction of sp³-hybridized carbons (Fsp3) is 0.296. The number of hydrogen-bond acceptors (Lipinski definition) is 4. The lowest BCUT2D eigenvalue weighted by Crippen LogP contribution is -2.43. The Balaban J connectivity index is 1.53. The lowest BCUT2D eigenvalue weighted by atomic mass is 9.89. The third kappa shape index (κ3) is 8.00. The number of amides is 4. The van der Waals surface area contributed by atoms with Gasteiger partial charge in [-0.3, -0.25) is 4.79 Å². The first kappa shape index (κ1) is 28.1. The molecule has 10 heteroatoms. The fourth-order valence-corrected chi connectivity index (χ4v) is 4.51. The van der Waals surface area contributed by atoms with Crippen molar-refractivity contribution in [2.24, 2.45) is 0 Å². The van der Waals surface area contributed by atoms with E-state index in [4.69, 9.17) is 27.9 Å². The normalized spacial score (nSPS) is 14.3. The SMILES string of the molecule is C=CCC(NC(=O)OC(=C)C)C(=O)Nc1ccc(C2CCN(C(=O)Nc3c(Cl)cccc3Cl)CC2)cc1. The van der Waals surface area contributed by atoms with Crippen LogP contribution in [-0.4, -0.2) is 42.1 Å². The minimum atomic E-state index is -0.833. The number of nitrogens with zero attached hydrogens (tertiary/aromatic N) is 1. The van der Waals surface area contributed by atoms with Crippen LogP contribution in [0.3, 0.4) is 0 Å². The summed E-state index contributed by atoms with van der Waals surface area (Å²) in [5.41, 5.74) is 2.14. The Morgan fingerprint density at radius 3 is 2.27 bits per heavy atom. The van der Waals surface area contributed by atoms with Crippen molar-refractivity contribution in [1.29, 1.82) is 0 Å². The molecule has 37 heavy (non-hydrogen) atoms. The largest absolute Gasteiger partial charge is 0.416 e. The second-order valence-corrected chi connectivity index (χ2v) is 9.53. The van der Waals surface area contributed by atoms with E-state index in [2.05, 4.69) is 29.1 Å². The number of rotatable bonds is 8. The van der Waals surface area contributed by atoms with Gasteiger partial charge < -0.3 is 25.6 Å². The zero-order chi connectivity index (χ0) is 26.9. The Morgan fingerprint density at radius 1 is 1.08 bits per heavy atom. The number of urea groups is 1. The van der Waals surface area contributed by atoms with E-state index in [1.807, 2.05) is 24.3 Å². The number of allylic oxidation sites excluding steroid dienone is 1. The molecule has 0 saturated carbocycles. The summed E-state index contributed by atoms with van der Waals surface area (Å²) in [6, 6.07) is 11.6. The maximum absolute atomic E-state index is 12.7. The van der Waals surface area contributed by atoms with Crippen LogP contribution in [0.4, 0.5) is 21.0 Å². The Bertz CT molecular complexity index is 1140. The van der Waals surface area contributed by atoms with Crippen LogP contribution in [-0.2, 0) is 9.53 Å². The van der Waals surface area contributed by atoms with Crippen LogP contribution >= 0.6 is 23.2 Å². The van der Waals surface area contributed by atoms with Crippen LogP contribution in [0.2, 0.25) is 10.0 Å². The molecule has 1 heterocycles. The van der Waals surface area contributed by atoms with Gasteiger partial charge in [-0.05, 0) is 61.9 Å². The molecule has 1 saturated heterocycles. The monoisotopic (exact) mass is 544 g/mol.